The molecular weight excluding hydrogens is 310 g/mol. The number of likely N-dealkylation sites (tertiary alicyclic amines) is 1. The summed E-state index contributed by atoms with van der Waals surface area (Å²) in [4.78, 5) is 18.1. The minimum atomic E-state index is -0.00985. The molecule has 2 aromatic heterocycles. The maximum Gasteiger partial charge on any atom is 0.317 e. The molecule has 1 N–H and O–H groups in total. The summed E-state index contributed by atoms with van der Waals surface area (Å²) in [5.74, 6) is 1.08. The number of amides is 2. The molecule has 0 spiro atoms. The summed E-state index contributed by atoms with van der Waals surface area (Å²) in [7, 11) is 0. The summed E-state index contributed by atoms with van der Waals surface area (Å²) in [6, 6.07) is 5.83. The van der Waals surface area contributed by atoms with Gasteiger partial charge in [-0.3, -0.25) is 4.98 Å². The van der Waals surface area contributed by atoms with Gasteiger partial charge >= 0.3 is 6.03 Å². The minimum absolute atomic E-state index is 0.00985. The lowest BCUT2D eigenvalue weighted by molar-refractivity contribution is 0.186. The van der Waals surface area contributed by atoms with Crippen LogP contribution in [0.2, 0.25) is 0 Å². The number of rotatable bonds is 5. The number of carbonyl (C=O) groups excluding carboxylic acids is 1. The Hall–Kier alpha value is -2.08. The molecule has 1 aliphatic heterocycles. The van der Waals surface area contributed by atoms with E-state index in [1.807, 2.05) is 17.0 Å². The van der Waals surface area contributed by atoms with Gasteiger partial charge in [-0.25, -0.2) is 4.79 Å². The molecule has 3 rings (SSSR count). The summed E-state index contributed by atoms with van der Waals surface area (Å²) in [6.07, 6.45) is 4.31. The molecule has 3 heterocycles. The van der Waals surface area contributed by atoms with Gasteiger partial charge in [-0.1, -0.05) is 6.92 Å². The van der Waals surface area contributed by atoms with Crippen LogP contribution < -0.4 is 10.1 Å². The Morgan fingerprint density at radius 3 is 3.22 bits per heavy atom. The maximum absolute atomic E-state index is 12.3. The summed E-state index contributed by atoms with van der Waals surface area (Å²) in [5, 5.41) is 7.21. The van der Waals surface area contributed by atoms with Gasteiger partial charge in [-0.05, 0) is 40.4 Å². The quantitative estimate of drug-likeness (QED) is 0.916. The number of urea groups is 1. The Bertz CT molecular complexity index is 618. The highest BCUT2D eigenvalue weighted by molar-refractivity contribution is 7.07. The lowest BCUT2D eigenvalue weighted by Crippen LogP contribution is -2.40. The van der Waals surface area contributed by atoms with Gasteiger partial charge in [0.25, 0.3) is 0 Å². The Kier molecular flexibility index (Phi) is 5.12. The second-order valence-electron chi connectivity index (χ2n) is 5.81. The topological polar surface area (TPSA) is 54.5 Å². The van der Waals surface area contributed by atoms with Crippen LogP contribution >= 0.6 is 11.3 Å². The fraction of sp³-hybridized carbons (Fsp3) is 0.412. The smallest absolute Gasteiger partial charge is 0.317 e. The van der Waals surface area contributed by atoms with E-state index in [0.717, 1.165) is 18.7 Å². The molecule has 23 heavy (non-hydrogen) atoms. The largest absolute Gasteiger partial charge is 0.487 e. The van der Waals surface area contributed by atoms with Gasteiger partial charge in [-0.2, -0.15) is 11.3 Å². The molecule has 6 heteroatoms. The monoisotopic (exact) mass is 331 g/mol. The van der Waals surface area contributed by atoms with Crippen molar-refractivity contribution in [1.82, 2.24) is 15.2 Å². The highest BCUT2D eigenvalue weighted by atomic mass is 32.1. The predicted molar refractivity (Wildman–Crippen MR) is 91.0 cm³/mol. The van der Waals surface area contributed by atoms with Gasteiger partial charge in [0.15, 0.2) is 0 Å². The van der Waals surface area contributed by atoms with Gasteiger partial charge in [-0.15, -0.1) is 0 Å². The van der Waals surface area contributed by atoms with Gasteiger partial charge in [0, 0.05) is 25.7 Å². The van der Waals surface area contributed by atoms with Crippen LogP contribution in [0.25, 0.3) is 0 Å². The van der Waals surface area contributed by atoms with E-state index in [4.69, 9.17) is 4.74 Å². The first kappa shape index (κ1) is 15.8. The van der Waals surface area contributed by atoms with Gasteiger partial charge in [0.1, 0.15) is 11.9 Å². The summed E-state index contributed by atoms with van der Waals surface area (Å²) >= 11 is 1.68. The van der Waals surface area contributed by atoms with E-state index in [1.54, 1.807) is 23.7 Å². The molecule has 0 aliphatic carbocycles. The van der Waals surface area contributed by atoms with Crippen LogP contribution in [-0.2, 0) is 0 Å². The normalized spacial score (nSPS) is 18.7. The second-order valence-corrected chi connectivity index (χ2v) is 6.59. The van der Waals surface area contributed by atoms with Crippen LogP contribution in [0.4, 0.5) is 4.79 Å². The van der Waals surface area contributed by atoms with Crippen molar-refractivity contribution in [3.63, 3.8) is 0 Å². The molecule has 1 saturated heterocycles. The van der Waals surface area contributed by atoms with E-state index in [2.05, 4.69) is 34.1 Å². The van der Waals surface area contributed by atoms with Crippen molar-refractivity contribution in [2.45, 2.75) is 25.4 Å². The molecule has 5 nitrogen and oxygen atoms in total. The fourth-order valence-electron chi connectivity index (χ4n) is 2.64. The molecule has 0 saturated carbocycles. The summed E-state index contributed by atoms with van der Waals surface area (Å²) in [6.45, 7) is 4.12. The van der Waals surface area contributed by atoms with E-state index in [9.17, 15) is 4.79 Å². The van der Waals surface area contributed by atoms with E-state index in [1.165, 1.54) is 5.56 Å². The average Bonchev–Trinajstić information content (AvgIpc) is 3.25. The Morgan fingerprint density at radius 2 is 2.48 bits per heavy atom. The number of nitrogens with one attached hydrogen (secondary N) is 1. The molecule has 0 radical (unpaired) electrons. The number of carbonyl (C=O) groups is 1. The van der Waals surface area contributed by atoms with Crippen LogP contribution in [0.1, 0.15) is 24.8 Å². The van der Waals surface area contributed by atoms with Crippen LogP contribution in [0.3, 0.4) is 0 Å². The molecule has 1 fully saturated rings. The molecule has 2 aromatic rings. The van der Waals surface area contributed by atoms with Crippen molar-refractivity contribution in [3.05, 3.63) is 46.9 Å². The minimum Gasteiger partial charge on any atom is -0.487 e. The zero-order valence-corrected chi connectivity index (χ0v) is 14.0. The van der Waals surface area contributed by atoms with Crippen LogP contribution in [0.5, 0.6) is 5.75 Å². The molecular formula is C17H21N3O2S. The van der Waals surface area contributed by atoms with Crippen LogP contribution in [0.15, 0.2) is 41.4 Å². The predicted octanol–water partition coefficient (Wildman–Crippen LogP) is 3.11. The standard InChI is InChI=1S/C17H21N3O2S/c1-13(14-5-8-23-12-14)9-19-17(21)20-7-4-16(11-20)22-15-3-2-6-18-10-15/h2-3,5-6,8,10,12-13,16H,4,7,9,11H2,1H3,(H,19,21)/t13-,16-/m1/s1. The average molecular weight is 331 g/mol. The van der Waals surface area contributed by atoms with Crippen molar-refractivity contribution in [3.8, 4) is 5.75 Å². The first-order valence-electron chi connectivity index (χ1n) is 7.84. The number of hydrogen-bond donors (Lipinski definition) is 1. The molecule has 122 valence electrons. The van der Waals surface area contributed by atoms with Crippen molar-refractivity contribution >= 4 is 17.4 Å². The highest BCUT2D eigenvalue weighted by Crippen LogP contribution is 2.19. The first-order valence-corrected chi connectivity index (χ1v) is 8.78. The summed E-state index contributed by atoms with van der Waals surface area (Å²) < 4.78 is 5.86. The Morgan fingerprint density at radius 1 is 1.57 bits per heavy atom. The highest BCUT2D eigenvalue weighted by Gasteiger charge is 2.27. The number of aromatic nitrogens is 1. The van der Waals surface area contributed by atoms with Gasteiger partial charge in [0.05, 0.1) is 12.7 Å². The fourth-order valence-corrected chi connectivity index (χ4v) is 3.43. The lowest BCUT2D eigenvalue weighted by Gasteiger charge is -2.19. The van der Waals surface area contributed by atoms with E-state index in [0.29, 0.717) is 19.0 Å². The lowest BCUT2D eigenvalue weighted by atomic mass is 10.1. The SMILES string of the molecule is C[C@H](CNC(=O)N1CC[C@@H](Oc2cccnc2)C1)c1ccsc1. The van der Waals surface area contributed by atoms with E-state index >= 15 is 0 Å². The molecule has 0 aromatic carbocycles. The maximum atomic E-state index is 12.3. The van der Waals surface area contributed by atoms with E-state index < -0.39 is 0 Å². The second kappa shape index (κ2) is 7.46. The molecule has 0 unspecified atom stereocenters. The van der Waals surface area contributed by atoms with E-state index in [-0.39, 0.29) is 12.1 Å². The number of hydrogen-bond acceptors (Lipinski definition) is 4. The van der Waals surface area contributed by atoms with Crippen molar-refractivity contribution in [2.24, 2.45) is 0 Å². The molecule has 0 bridgehead atoms. The Labute approximate surface area is 140 Å². The van der Waals surface area contributed by atoms with Crippen LogP contribution in [0, 0.1) is 0 Å². The number of pyridine rings is 1. The Balaban J connectivity index is 1.44. The first-order chi connectivity index (χ1) is 11.2. The zero-order chi connectivity index (χ0) is 16.1. The summed E-state index contributed by atoms with van der Waals surface area (Å²) in [5.41, 5.74) is 1.27. The molecule has 2 atom stereocenters. The van der Waals surface area contributed by atoms with Crippen molar-refractivity contribution in [2.75, 3.05) is 19.6 Å². The molecule has 2 amide bonds. The number of thiophene rings is 1. The van der Waals surface area contributed by atoms with Gasteiger partial charge < -0.3 is 15.0 Å². The third-order valence-electron chi connectivity index (χ3n) is 4.04. The number of ether oxygens (including phenoxy) is 1. The zero-order valence-electron chi connectivity index (χ0n) is 13.1. The van der Waals surface area contributed by atoms with Crippen LogP contribution in [-0.4, -0.2) is 41.7 Å². The van der Waals surface area contributed by atoms with Gasteiger partial charge in [0.2, 0.25) is 0 Å². The van der Waals surface area contributed by atoms with Crippen molar-refractivity contribution in [1.29, 1.82) is 0 Å². The molecule has 1 aliphatic rings. The van der Waals surface area contributed by atoms with Crippen molar-refractivity contribution < 1.29 is 9.53 Å². The number of nitrogens with zero attached hydrogens (tertiary/aromatic N) is 2. The third kappa shape index (κ3) is 4.22. The third-order valence-corrected chi connectivity index (χ3v) is 4.74.